The molecule has 0 saturated heterocycles. The van der Waals surface area contributed by atoms with Gasteiger partial charge in [-0.2, -0.15) is 5.26 Å². The predicted molar refractivity (Wildman–Crippen MR) is 297 cm³/mol. The SMILES string of the molecule is C=C/C(=C\C)C(C)C.C=C/C(C#N)=C\N=C(CCC)c1nnc(CC23CCC4C(CCC5C4(C)CCC4C(C)C(OC(=P)CC(C)(C)C=O)CCC45C)C2=C(C(C)C)C(=O)C3)o1.CC.CC.CC.CO. The normalized spacial score (nSPS) is 29.1. The number of Topliss-reactive ketones (excluding diaryl/α,β-unsaturated/α-hetero) is 1. The van der Waals surface area contributed by atoms with E-state index >= 15 is 0 Å². The van der Waals surface area contributed by atoms with Crippen molar-refractivity contribution in [3.63, 3.8) is 0 Å². The third-order valence-corrected chi connectivity index (χ3v) is 16.4. The van der Waals surface area contributed by atoms with Gasteiger partial charge in [0, 0.05) is 43.4 Å². The fourth-order valence-corrected chi connectivity index (χ4v) is 13.8. The van der Waals surface area contributed by atoms with E-state index in [0.717, 1.165) is 63.0 Å². The minimum Gasteiger partial charge on any atom is -0.420 e. The van der Waals surface area contributed by atoms with Crippen molar-refractivity contribution in [2.75, 3.05) is 7.11 Å². The van der Waals surface area contributed by atoms with Crippen molar-refractivity contribution in [3.05, 3.63) is 71.7 Å². The Kier molecular flexibility index (Phi) is 27.5. The molecule has 1 aromatic rings. The zero-order chi connectivity index (χ0) is 53.8. The number of hydrogen-bond donors (Lipinski definition) is 1. The molecular formula is C60H99N4O5P. The highest BCUT2D eigenvalue weighted by Crippen LogP contribution is 2.72. The van der Waals surface area contributed by atoms with Crippen molar-refractivity contribution in [1.29, 1.82) is 5.26 Å². The van der Waals surface area contributed by atoms with Crippen LogP contribution in [0.25, 0.3) is 0 Å². The molecule has 9 nitrogen and oxygen atoms in total. The van der Waals surface area contributed by atoms with Gasteiger partial charge in [-0.25, -0.2) is 0 Å². The summed E-state index contributed by atoms with van der Waals surface area (Å²) in [7, 11) is 4.75. The smallest absolute Gasteiger partial charge is 0.262 e. The lowest BCUT2D eigenvalue weighted by Crippen LogP contribution is -2.60. The molecule has 0 spiro atoms. The van der Waals surface area contributed by atoms with E-state index in [9.17, 15) is 14.9 Å². The van der Waals surface area contributed by atoms with E-state index in [1.54, 1.807) is 0 Å². The molecule has 10 heteroatoms. The second-order valence-corrected chi connectivity index (χ2v) is 21.8. The Hall–Kier alpha value is -3.57. The van der Waals surface area contributed by atoms with Gasteiger partial charge in [-0.05, 0) is 123 Å². The van der Waals surface area contributed by atoms with Gasteiger partial charge in [0.25, 0.3) is 5.89 Å². The summed E-state index contributed by atoms with van der Waals surface area (Å²) in [5, 5.41) is 25.3. The van der Waals surface area contributed by atoms with Crippen LogP contribution < -0.4 is 0 Å². The summed E-state index contributed by atoms with van der Waals surface area (Å²) in [5.41, 5.74) is 5.35. The zero-order valence-corrected chi connectivity index (χ0v) is 48.5. The third-order valence-electron chi connectivity index (χ3n) is 16.1. The second kappa shape index (κ2) is 29.8. The van der Waals surface area contributed by atoms with Crippen LogP contribution in [0.2, 0.25) is 0 Å². The summed E-state index contributed by atoms with van der Waals surface area (Å²) in [6, 6.07) is 2.09. The van der Waals surface area contributed by atoms with Gasteiger partial charge in [0.15, 0.2) is 5.78 Å². The molecule has 1 aromatic heterocycles. The molecule has 6 rings (SSSR count). The fraction of sp³-hybridized carbons (Fsp3) is 0.717. The van der Waals surface area contributed by atoms with Gasteiger partial charge >= 0.3 is 0 Å². The van der Waals surface area contributed by atoms with E-state index in [1.165, 1.54) is 42.7 Å². The number of fused-ring (bicyclic) bond motifs is 7. The number of ketones is 1. The van der Waals surface area contributed by atoms with Gasteiger partial charge in [0.1, 0.15) is 18.1 Å². The highest BCUT2D eigenvalue weighted by Gasteiger charge is 2.65. The molecule has 5 aliphatic rings. The van der Waals surface area contributed by atoms with E-state index in [2.05, 4.69) is 105 Å². The number of carbonyl (C=O) groups excluding carboxylic acids is 2. The summed E-state index contributed by atoms with van der Waals surface area (Å²) in [6.45, 7) is 43.7. The largest absolute Gasteiger partial charge is 0.420 e. The number of ether oxygens (including phenoxy) is 1. The maximum atomic E-state index is 14.1. The van der Waals surface area contributed by atoms with Crippen LogP contribution in [0.3, 0.4) is 0 Å². The number of allylic oxidation sites excluding steroid dienone is 7. The van der Waals surface area contributed by atoms with E-state index < -0.39 is 5.41 Å². The van der Waals surface area contributed by atoms with Crippen LogP contribution in [0.5, 0.6) is 0 Å². The molecule has 9 unspecified atom stereocenters. The molecule has 4 saturated carbocycles. The van der Waals surface area contributed by atoms with Crippen LogP contribution in [0.1, 0.15) is 207 Å². The fourth-order valence-electron chi connectivity index (χ4n) is 13.2. The van der Waals surface area contributed by atoms with Gasteiger partial charge in [-0.15, -0.1) is 10.2 Å². The third kappa shape index (κ3) is 14.8. The number of rotatable bonds is 15. The molecule has 1 heterocycles. The Labute approximate surface area is 429 Å². The number of carbonyl (C=O) groups is 2. The second-order valence-electron chi connectivity index (χ2n) is 21.2. The van der Waals surface area contributed by atoms with Crippen LogP contribution in [-0.2, 0) is 20.7 Å². The number of aliphatic hydroxyl groups is 1. The molecule has 394 valence electrons. The van der Waals surface area contributed by atoms with Crippen molar-refractivity contribution >= 4 is 32.1 Å². The lowest BCUT2D eigenvalue weighted by atomic mass is 9.38. The number of nitrogens with zero attached hydrogens (tertiary/aromatic N) is 4. The van der Waals surface area contributed by atoms with Gasteiger partial charge < -0.3 is 19.1 Å². The minimum absolute atomic E-state index is 0.158. The first-order valence-corrected chi connectivity index (χ1v) is 27.6. The Morgan fingerprint density at radius 2 is 1.57 bits per heavy atom. The number of aliphatic imine (C=N–C) groups is 1. The maximum Gasteiger partial charge on any atom is 0.262 e. The first kappa shape index (κ1) is 64.4. The average Bonchev–Trinajstić information content (AvgIpc) is 3.94. The van der Waals surface area contributed by atoms with E-state index in [1.807, 2.05) is 68.4 Å². The summed E-state index contributed by atoms with van der Waals surface area (Å²) >= 11 is 0. The Morgan fingerprint density at radius 3 is 2.09 bits per heavy atom. The maximum absolute atomic E-state index is 14.1. The molecule has 5 aliphatic carbocycles. The van der Waals surface area contributed by atoms with Crippen LogP contribution in [0, 0.1) is 74.4 Å². The molecule has 0 aromatic carbocycles. The number of aldehydes is 1. The lowest BCUT2D eigenvalue weighted by Gasteiger charge is -2.67. The van der Waals surface area contributed by atoms with Crippen LogP contribution in [-0.4, -0.2) is 51.8 Å². The number of aromatic nitrogens is 2. The lowest BCUT2D eigenvalue weighted by molar-refractivity contribution is -0.177. The van der Waals surface area contributed by atoms with Crippen molar-refractivity contribution in [1.82, 2.24) is 10.2 Å². The molecule has 0 amide bonds. The first-order chi connectivity index (χ1) is 33.3. The minimum atomic E-state index is -0.449. The molecule has 1 N–H and O–H groups in total. The molecule has 0 bridgehead atoms. The quantitative estimate of drug-likeness (QED) is 0.0603. The van der Waals surface area contributed by atoms with Crippen molar-refractivity contribution in [2.45, 2.75) is 207 Å². The summed E-state index contributed by atoms with van der Waals surface area (Å²) < 4.78 is 12.9. The molecule has 4 fully saturated rings. The highest BCUT2D eigenvalue weighted by atomic mass is 31.0. The van der Waals surface area contributed by atoms with Crippen LogP contribution >= 0.6 is 8.86 Å². The van der Waals surface area contributed by atoms with Crippen LogP contribution in [0.4, 0.5) is 0 Å². The standard InChI is InChI=1S/C45H63N4O4P.C8H14.3C2H6.CH4O/c1-10-12-33(47-25-29(11-2)24-46)41-49-48-37(53-41)22-45-20-16-32-30(40(45)39(27(3)4)34(51)21-45)13-14-36-43(8)19-17-35(52-38(54)23-42(6,7)26-50)28(5)31(43)15-18-44(32,36)9;1-5-8(6-2)7(3)4;4*1-2/h11,25-28,30-32,35-36,54H,2,10,12-23H2,1,3-9H3;5-7H,1H2,2-4H3;3*1-2H3;2H,1H3/b29-25+,47-33?;8-6+;;;;. The predicted octanol–water partition coefficient (Wildman–Crippen LogP) is 15.7. The highest BCUT2D eigenvalue weighted by molar-refractivity contribution is 7.20. The van der Waals surface area contributed by atoms with Gasteiger partial charge in [0.2, 0.25) is 5.89 Å². The van der Waals surface area contributed by atoms with Crippen molar-refractivity contribution in [3.8, 4) is 6.07 Å². The number of aliphatic hydroxyl groups excluding tert-OH is 1. The summed E-state index contributed by atoms with van der Waals surface area (Å²) in [6.07, 6.45) is 20.3. The Balaban J connectivity index is 0.00000135. The number of hydrogen-bond acceptors (Lipinski definition) is 9. The van der Waals surface area contributed by atoms with Gasteiger partial charge in [-0.3, -0.25) is 9.79 Å². The van der Waals surface area contributed by atoms with Gasteiger partial charge in [0.05, 0.1) is 17.2 Å². The number of nitriles is 1. The molecule has 0 radical (unpaired) electrons. The first-order valence-electron chi connectivity index (χ1n) is 27.1. The molecular weight excluding hydrogens is 888 g/mol. The van der Waals surface area contributed by atoms with Gasteiger partial charge in [-0.1, -0.05) is 169 Å². The van der Waals surface area contributed by atoms with Crippen LogP contribution in [0.15, 0.2) is 69.3 Å². The van der Waals surface area contributed by atoms with Crippen molar-refractivity contribution < 1.29 is 23.8 Å². The molecule has 70 heavy (non-hydrogen) atoms. The van der Waals surface area contributed by atoms with E-state index in [4.69, 9.17) is 14.3 Å². The topological polar surface area (TPSA) is 139 Å². The average molecular weight is 987 g/mol. The Morgan fingerprint density at radius 1 is 0.971 bits per heavy atom. The van der Waals surface area contributed by atoms with Crippen molar-refractivity contribution in [2.24, 2.45) is 68.1 Å². The zero-order valence-electron chi connectivity index (χ0n) is 47.5. The summed E-state index contributed by atoms with van der Waals surface area (Å²) in [4.78, 5) is 30.2. The summed E-state index contributed by atoms with van der Waals surface area (Å²) in [5.74, 6) is 4.65. The monoisotopic (exact) mass is 987 g/mol. The van der Waals surface area contributed by atoms with E-state index in [0.29, 0.717) is 90.0 Å². The molecule has 9 atom stereocenters. The Bertz CT molecular complexity index is 2030. The van der Waals surface area contributed by atoms with E-state index in [-0.39, 0.29) is 28.3 Å². The molecule has 0 aliphatic heterocycles.